The Balaban J connectivity index is 2.80. The molecule has 0 unspecified atom stereocenters. The molecule has 19 heavy (non-hydrogen) atoms. The maximum Gasteiger partial charge on any atom is 0.502 e. The van der Waals surface area contributed by atoms with Gasteiger partial charge in [-0.3, -0.25) is 0 Å². The Hall–Kier alpha value is -1.86. The molecule has 0 saturated heterocycles. The van der Waals surface area contributed by atoms with Gasteiger partial charge in [0.05, 0.1) is 12.2 Å². The smallest absolute Gasteiger partial charge is 0.459 e. The van der Waals surface area contributed by atoms with E-state index in [-0.39, 0.29) is 6.61 Å². The van der Waals surface area contributed by atoms with E-state index in [0.717, 1.165) is 0 Å². The molecule has 0 aliphatic carbocycles. The molecule has 1 rings (SSSR count). The van der Waals surface area contributed by atoms with Crippen LogP contribution < -0.4 is 4.74 Å². The second-order valence-corrected chi connectivity index (χ2v) is 3.36. The first-order valence-corrected chi connectivity index (χ1v) is 5.08. The first kappa shape index (κ1) is 15.2. The van der Waals surface area contributed by atoms with E-state index in [0.29, 0.717) is 24.3 Å². The first-order chi connectivity index (χ1) is 8.66. The zero-order valence-corrected chi connectivity index (χ0v) is 9.63. The van der Waals surface area contributed by atoms with Crippen molar-refractivity contribution >= 4 is 5.97 Å². The van der Waals surface area contributed by atoms with Crippen LogP contribution in [0.1, 0.15) is 12.5 Å². The van der Waals surface area contributed by atoms with Crippen LogP contribution in [0.4, 0.5) is 22.0 Å². The lowest BCUT2D eigenvalue weighted by Gasteiger charge is -2.16. The van der Waals surface area contributed by atoms with Gasteiger partial charge in [-0.15, -0.1) is 0 Å². The van der Waals surface area contributed by atoms with Gasteiger partial charge in [0.2, 0.25) is 0 Å². The van der Waals surface area contributed by atoms with Crippen molar-refractivity contribution in [2.75, 3.05) is 6.61 Å². The lowest BCUT2D eigenvalue weighted by Crippen LogP contribution is -2.36. The van der Waals surface area contributed by atoms with Crippen molar-refractivity contribution in [1.82, 2.24) is 0 Å². The minimum Gasteiger partial charge on any atom is -0.459 e. The number of hydrogen-bond acceptors (Lipinski definition) is 3. The second kappa shape index (κ2) is 5.41. The van der Waals surface area contributed by atoms with Crippen LogP contribution in [-0.4, -0.2) is 18.7 Å². The van der Waals surface area contributed by atoms with Crippen LogP contribution in [0.15, 0.2) is 24.3 Å². The van der Waals surface area contributed by atoms with Crippen LogP contribution in [0.2, 0.25) is 0 Å². The minimum absolute atomic E-state index is 0.273. The summed E-state index contributed by atoms with van der Waals surface area (Å²) >= 11 is 0. The predicted octanol–water partition coefficient (Wildman–Crippen LogP) is 3.24. The molecule has 106 valence electrons. The molecule has 3 nitrogen and oxygen atoms in total. The lowest BCUT2D eigenvalue weighted by molar-refractivity contribution is -0.216. The van der Waals surface area contributed by atoms with E-state index in [1.165, 1.54) is 6.92 Å². The Morgan fingerprint density at radius 2 is 1.63 bits per heavy atom. The van der Waals surface area contributed by atoms with Crippen LogP contribution >= 0.6 is 0 Å². The highest BCUT2D eigenvalue weighted by Crippen LogP contribution is 2.31. The maximum absolute atomic E-state index is 13.1. The van der Waals surface area contributed by atoms with Gasteiger partial charge in [0.1, 0.15) is 5.75 Å². The van der Waals surface area contributed by atoms with E-state index < -0.39 is 29.6 Å². The van der Waals surface area contributed by atoms with Crippen molar-refractivity contribution in [2.45, 2.75) is 19.2 Å². The van der Waals surface area contributed by atoms with Gasteiger partial charge in [0.25, 0.3) is 0 Å². The van der Waals surface area contributed by atoms with Crippen molar-refractivity contribution in [3.8, 4) is 5.75 Å². The molecule has 0 atom stereocenters. The Kier molecular flexibility index (Phi) is 4.33. The second-order valence-electron chi connectivity index (χ2n) is 3.36. The van der Waals surface area contributed by atoms with E-state index >= 15 is 0 Å². The molecule has 0 N–H and O–H groups in total. The van der Waals surface area contributed by atoms with Crippen molar-refractivity contribution in [3.05, 3.63) is 29.8 Å². The number of halogens is 5. The van der Waals surface area contributed by atoms with Gasteiger partial charge in [-0.1, -0.05) is 0 Å². The monoisotopic (exact) mass is 284 g/mol. The number of carbonyl (C=O) groups is 1. The Morgan fingerprint density at radius 1 is 1.11 bits per heavy atom. The van der Waals surface area contributed by atoms with Crippen molar-refractivity contribution in [3.63, 3.8) is 0 Å². The Bertz CT molecular complexity index is 439. The van der Waals surface area contributed by atoms with E-state index in [9.17, 15) is 26.7 Å². The molecule has 0 bridgehead atoms. The summed E-state index contributed by atoms with van der Waals surface area (Å²) in [5, 5.41) is 0. The molecule has 0 aliphatic rings. The topological polar surface area (TPSA) is 35.5 Å². The van der Waals surface area contributed by atoms with Gasteiger partial charge in [-0.05, 0) is 31.2 Å². The highest BCUT2D eigenvalue weighted by atomic mass is 19.4. The minimum atomic E-state index is -4.58. The van der Waals surface area contributed by atoms with E-state index in [4.69, 9.17) is 0 Å². The standard InChI is InChI=1S/C11H9F5O3/c1-2-18-9(17)11(15,16)19-8-5-3-7(4-6-8)10(12,13)14/h3-6H,2H2,1H3. The van der Waals surface area contributed by atoms with E-state index in [1.807, 2.05) is 0 Å². The zero-order valence-electron chi connectivity index (χ0n) is 9.63. The first-order valence-electron chi connectivity index (χ1n) is 5.08. The molecule has 0 saturated carbocycles. The van der Waals surface area contributed by atoms with Gasteiger partial charge < -0.3 is 9.47 Å². The third kappa shape index (κ3) is 4.08. The van der Waals surface area contributed by atoms with Crippen LogP contribution in [0.3, 0.4) is 0 Å². The third-order valence-electron chi connectivity index (χ3n) is 1.94. The van der Waals surface area contributed by atoms with E-state index in [2.05, 4.69) is 9.47 Å². The normalized spacial score (nSPS) is 12.1. The average Bonchev–Trinajstić information content (AvgIpc) is 2.28. The summed E-state index contributed by atoms with van der Waals surface area (Å²) in [7, 11) is 0. The molecule has 0 fully saturated rings. The number of hydrogen-bond donors (Lipinski definition) is 0. The summed E-state index contributed by atoms with van der Waals surface area (Å²) in [6.45, 7) is 1.05. The summed E-state index contributed by atoms with van der Waals surface area (Å²) < 4.78 is 71.0. The number of carbonyl (C=O) groups excluding carboxylic acids is 1. The van der Waals surface area contributed by atoms with Crippen LogP contribution in [0, 0.1) is 0 Å². The number of esters is 1. The van der Waals surface area contributed by atoms with E-state index in [1.54, 1.807) is 0 Å². The molecule has 0 radical (unpaired) electrons. The predicted molar refractivity (Wildman–Crippen MR) is 53.7 cm³/mol. The molecule has 0 heterocycles. The van der Waals surface area contributed by atoms with Gasteiger partial charge in [0.15, 0.2) is 0 Å². The summed E-state index contributed by atoms with van der Waals surface area (Å²) in [5.41, 5.74) is -1.01. The molecule has 8 heteroatoms. The highest BCUT2D eigenvalue weighted by molar-refractivity contribution is 5.76. The number of alkyl halides is 5. The molecule has 0 aliphatic heterocycles. The summed E-state index contributed by atoms with van der Waals surface area (Å²) in [6, 6.07) is 2.51. The zero-order chi connectivity index (χ0) is 14.7. The van der Waals surface area contributed by atoms with Crippen LogP contribution in [0.25, 0.3) is 0 Å². The molecular weight excluding hydrogens is 275 g/mol. The number of benzene rings is 1. The fraction of sp³-hybridized carbons (Fsp3) is 0.364. The van der Waals surface area contributed by atoms with Gasteiger partial charge in [0, 0.05) is 0 Å². The number of ether oxygens (including phenoxy) is 2. The lowest BCUT2D eigenvalue weighted by atomic mass is 10.2. The Labute approximate surface area is 104 Å². The summed E-state index contributed by atoms with van der Waals surface area (Å²) in [4.78, 5) is 10.8. The molecule has 0 spiro atoms. The van der Waals surface area contributed by atoms with Crippen molar-refractivity contribution in [2.24, 2.45) is 0 Å². The van der Waals surface area contributed by atoms with Gasteiger partial charge >= 0.3 is 18.3 Å². The molecule has 1 aromatic rings. The highest BCUT2D eigenvalue weighted by Gasteiger charge is 2.44. The Morgan fingerprint density at radius 3 is 2.05 bits per heavy atom. The van der Waals surface area contributed by atoms with Crippen LogP contribution in [-0.2, 0) is 15.7 Å². The average molecular weight is 284 g/mol. The quantitative estimate of drug-likeness (QED) is 0.629. The van der Waals surface area contributed by atoms with Crippen molar-refractivity contribution < 1.29 is 36.2 Å². The molecule has 0 aromatic heterocycles. The third-order valence-corrected chi connectivity index (χ3v) is 1.94. The number of rotatable bonds is 4. The molecule has 0 amide bonds. The maximum atomic E-state index is 13.1. The fourth-order valence-electron chi connectivity index (χ4n) is 1.12. The van der Waals surface area contributed by atoms with Gasteiger partial charge in [-0.25, -0.2) is 4.79 Å². The summed E-state index contributed by atoms with van der Waals surface area (Å²) in [5.74, 6) is -2.49. The summed E-state index contributed by atoms with van der Waals surface area (Å²) in [6.07, 6.45) is -8.84. The van der Waals surface area contributed by atoms with Crippen LogP contribution in [0.5, 0.6) is 5.75 Å². The van der Waals surface area contributed by atoms with Crippen molar-refractivity contribution in [1.29, 1.82) is 0 Å². The largest absolute Gasteiger partial charge is 0.502 e. The fourth-order valence-corrected chi connectivity index (χ4v) is 1.12. The molecular formula is C11H9F5O3. The molecule has 1 aromatic carbocycles. The van der Waals surface area contributed by atoms with Gasteiger partial charge in [-0.2, -0.15) is 22.0 Å². The SMILES string of the molecule is CCOC(=O)C(F)(F)Oc1ccc(C(F)(F)F)cc1.